The number of tetrazole rings is 1. The summed E-state index contributed by atoms with van der Waals surface area (Å²) >= 11 is 0. The topological polar surface area (TPSA) is 81.9 Å². The van der Waals surface area contributed by atoms with Gasteiger partial charge in [-0.2, -0.15) is 0 Å². The largest absolute Gasteiger partial charge is 0.484 e. The Morgan fingerprint density at radius 3 is 2.29 bits per heavy atom. The third kappa shape index (κ3) is 4.21. The van der Waals surface area contributed by atoms with Gasteiger partial charge in [-0.3, -0.25) is 4.79 Å². The molecule has 0 aliphatic rings. The quantitative estimate of drug-likeness (QED) is 0.562. The minimum absolute atomic E-state index is 0.0700. The van der Waals surface area contributed by atoms with Crippen LogP contribution in [0.15, 0.2) is 85.2 Å². The highest BCUT2D eigenvalue weighted by Gasteiger charge is 2.05. The molecule has 28 heavy (non-hydrogen) atoms. The van der Waals surface area contributed by atoms with Crippen molar-refractivity contribution in [2.24, 2.45) is 0 Å². The Kier molecular flexibility index (Phi) is 5.06. The number of hydrogen-bond donors (Lipinski definition) is 1. The smallest absolute Gasteiger partial charge is 0.262 e. The fraction of sp³-hybridized carbons (Fsp3) is 0.0476. The summed E-state index contributed by atoms with van der Waals surface area (Å²) in [4.78, 5) is 12.1. The van der Waals surface area contributed by atoms with Crippen LogP contribution in [0.3, 0.4) is 0 Å². The molecule has 0 aliphatic heterocycles. The van der Waals surface area contributed by atoms with Crippen molar-refractivity contribution in [3.63, 3.8) is 0 Å². The summed E-state index contributed by atoms with van der Waals surface area (Å²) in [5, 5.41) is 13.8. The summed E-state index contributed by atoms with van der Waals surface area (Å²) in [6.07, 6.45) is 1.50. The predicted octanol–water partition coefficient (Wildman–Crippen LogP) is 3.35. The van der Waals surface area contributed by atoms with E-state index in [2.05, 4.69) is 20.8 Å². The van der Waals surface area contributed by atoms with Crippen LogP contribution in [-0.2, 0) is 4.79 Å². The summed E-state index contributed by atoms with van der Waals surface area (Å²) in [6.45, 7) is -0.0700. The molecule has 1 aromatic heterocycles. The molecular weight excluding hydrogens is 354 g/mol. The average Bonchev–Trinajstić information content (AvgIpc) is 3.29. The van der Waals surface area contributed by atoms with Crippen LogP contribution in [0, 0.1) is 0 Å². The number of ether oxygens (including phenoxy) is 1. The Balaban J connectivity index is 1.31. The predicted molar refractivity (Wildman–Crippen MR) is 105 cm³/mol. The maximum Gasteiger partial charge on any atom is 0.262 e. The van der Waals surface area contributed by atoms with E-state index in [0.29, 0.717) is 11.4 Å². The van der Waals surface area contributed by atoms with Gasteiger partial charge in [-0.25, -0.2) is 4.68 Å². The van der Waals surface area contributed by atoms with E-state index in [0.717, 1.165) is 16.8 Å². The van der Waals surface area contributed by atoms with Gasteiger partial charge in [0.05, 0.1) is 5.69 Å². The third-order valence-corrected chi connectivity index (χ3v) is 4.10. The molecule has 1 amide bonds. The zero-order valence-corrected chi connectivity index (χ0v) is 14.9. The Morgan fingerprint density at radius 1 is 0.893 bits per heavy atom. The molecule has 0 bridgehead atoms. The van der Waals surface area contributed by atoms with Crippen LogP contribution >= 0.6 is 0 Å². The molecule has 1 N–H and O–H groups in total. The molecule has 3 aromatic carbocycles. The number of carbonyl (C=O) groups is 1. The van der Waals surface area contributed by atoms with E-state index in [1.807, 2.05) is 66.7 Å². The average molecular weight is 371 g/mol. The lowest BCUT2D eigenvalue weighted by Crippen LogP contribution is -2.20. The number of anilines is 1. The minimum atomic E-state index is -0.234. The SMILES string of the molecule is O=C(COc1ccc(-c2ccccc2)cc1)Nc1ccc(-n2cnnn2)cc1. The first-order valence-electron chi connectivity index (χ1n) is 8.69. The molecule has 138 valence electrons. The first-order chi connectivity index (χ1) is 13.8. The van der Waals surface area contributed by atoms with Crippen molar-refractivity contribution in [2.75, 3.05) is 11.9 Å². The number of amides is 1. The van der Waals surface area contributed by atoms with Crippen molar-refractivity contribution in [3.8, 4) is 22.6 Å². The third-order valence-electron chi connectivity index (χ3n) is 4.10. The molecule has 0 spiro atoms. The molecule has 0 aliphatic carbocycles. The molecule has 0 atom stereocenters. The molecular formula is C21H17N5O2. The summed E-state index contributed by atoms with van der Waals surface area (Å²) in [7, 11) is 0. The number of carbonyl (C=O) groups excluding carboxylic acids is 1. The molecule has 1 heterocycles. The van der Waals surface area contributed by atoms with Gasteiger partial charge in [0.1, 0.15) is 12.1 Å². The molecule has 0 unspecified atom stereocenters. The van der Waals surface area contributed by atoms with Gasteiger partial charge in [-0.1, -0.05) is 42.5 Å². The lowest BCUT2D eigenvalue weighted by molar-refractivity contribution is -0.118. The van der Waals surface area contributed by atoms with E-state index in [4.69, 9.17) is 4.74 Å². The normalized spacial score (nSPS) is 10.4. The van der Waals surface area contributed by atoms with Crippen LogP contribution in [0.2, 0.25) is 0 Å². The van der Waals surface area contributed by atoms with Gasteiger partial charge >= 0.3 is 0 Å². The minimum Gasteiger partial charge on any atom is -0.484 e. The highest BCUT2D eigenvalue weighted by molar-refractivity contribution is 5.91. The molecule has 7 nitrogen and oxygen atoms in total. The number of aromatic nitrogens is 4. The lowest BCUT2D eigenvalue weighted by Gasteiger charge is -2.09. The molecule has 4 aromatic rings. The summed E-state index contributed by atoms with van der Waals surface area (Å²) in [6, 6.07) is 24.9. The summed E-state index contributed by atoms with van der Waals surface area (Å²) in [5.41, 5.74) is 3.71. The Hall–Kier alpha value is -4.00. The van der Waals surface area contributed by atoms with Crippen LogP contribution in [0.4, 0.5) is 5.69 Å². The van der Waals surface area contributed by atoms with Gasteiger partial charge in [-0.15, -0.1) is 5.10 Å². The Bertz CT molecular complexity index is 1030. The van der Waals surface area contributed by atoms with E-state index < -0.39 is 0 Å². The van der Waals surface area contributed by atoms with Crippen LogP contribution < -0.4 is 10.1 Å². The van der Waals surface area contributed by atoms with Crippen molar-refractivity contribution in [1.82, 2.24) is 20.2 Å². The Morgan fingerprint density at radius 2 is 1.61 bits per heavy atom. The van der Waals surface area contributed by atoms with Crippen molar-refractivity contribution in [1.29, 1.82) is 0 Å². The Labute approximate surface area is 161 Å². The van der Waals surface area contributed by atoms with Gasteiger partial charge in [0, 0.05) is 5.69 Å². The van der Waals surface area contributed by atoms with E-state index in [9.17, 15) is 4.79 Å². The van der Waals surface area contributed by atoms with Crippen molar-refractivity contribution in [3.05, 3.63) is 85.2 Å². The zero-order chi connectivity index (χ0) is 19.2. The van der Waals surface area contributed by atoms with E-state index in [1.165, 1.54) is 11.0 Å². The number of nitrogens with zero attached hydrogens (tertiary/aromatic N) is 4. The van der Waals surface area contributed by atoms with Crippen LogP contribution in [0.25, 0.3) is 16.8 Å². The van der Waals surface area contributed by atoms with Gasteiger partial charge in [0.2, 0.25) is 0 Å². The number of benzene rings is 3. The van der Waals surface area contributed by atoms with Gasteiger partial charge in [-0.05, 0) is 58.0 Å². The van der Waals surface area contributed by atoms with Crippen molar-refractivity contribution in [2.45, 2.75) is 0 Å². The summed E-state index contributed by atoms with van der Waals surface area (Å²) < 4.78 is 7.11. The lowest BCUT2D eigenvalue weighted by atomic mass is 10.1. The number of hydrogen-bond acceptors (Lipinski definition) is 5. The molecule has 0 radical (unpaired) electrons. The van der Waals surface area contributed by atoms with Crippen LogP contribution in [0.1, 0.15) is 0 Å². The van der Waals surface area contributed by atoms with Crippen LogP contribution in [0.5, 0.6) is 5.75 Å². The fourth-order valence-corrected chi connectivity index (χ4v) is 2.70. The second-order valence-electron chi connectivity index (χ2n) is 6.03. The fourth-order valence-electron chi connectivity index (χ4n) is 2.70. The standard InChI is InChI=1S/C21H17N5O2/c27-21(23-18-8-10-19(11-9-18)26-15-22-24-25-26)14-28-20-12-6-17(7-13-20)16-4-2-1-3-5-16/h1-13,15H,14H2,(H,23,27). The summed E-state index contributed by atoms with van der Waals surface area (Å²) in [5.74, 6) is 0.408. The first kappa shape index (κ1) is 17.4. The van der Waals surface area contributed by atoms with Crippen LogP contribution in [-0.4, -0.2) is 32.7 Å². The molecule has 0 saturated carbocycles. The highest BCUT2D eigenvalue weighted by Crippen LogP contribution is 2.22. The highest BCUT2D eigenvalue weighted by atomic mass is 16.5. The first-order valence-corrected chi connectivity index (χ1v) is 8.69. The van der Waals surface area contributed by atoms with Crippen molar-refractivity contribution < 1.29 is 9.53 Å². The maximum atomic E-state index is 12.1. The molecule has 7 heteroatoms. The number of nitrogens with one attached hydrogen (secondary N) is 1. The number of rotatable bonds is 6. The van der Waals surface area contributed by atoms with E-state index in [-0.39, 0.29) is 12.5 Å². The van der Waals surface area contributed by atoms with Crippen molar-refractivity contribution >= 4 is 11.6 Å². The zero-order valence-electron chi connectivity index (χ0n) is 14.9. The van der Waals surface area contributed by atoms with E-state index >= 15 is 0 Å². The monoisotopic (exact) mass is 371 g/mol. The second-order valence-corrected chi connectivity index (χ2v) is 6.03. The molecule has 0 fully saturated rings. The second kappa shape index (κ2) is 8.13. The maximum absolute atomic E-state index is 12.1. The van der Waals surface area contributed by atoms with Gasteiger partial charge in [0.25, 0.3) is 5.91 Å². The van der Waals surface area contributed by atoms with E-state index in [1.54, 1.807) is 12.1 Å². The van der Waals surface area contributed by atoms with Gasteiger partial charge in [0.15, 0.2) is 6.61 Å². The molecule has 0 saturated heterocycles. The molecule has 4 rings (SSSR count). The van der Waals surface area contributed by atoms with Gasteiger partial charge < -0.3 is 10.1 Å².